The molecule has 0 unspecified atom stereocenters. The predicted octanol–water partition coefficient (Wildman–Crippen LogP) is 4.09. The van der Waals surface area contributed by atoms with Crippen LogP contribution in [0.15, 0.2) is 26.2 Å². The number of amides is 1. The second kappa shape index (κ2) is 8.08. The fourth-order valence-electron chi connectivity index (χ4n) is 1.67. The topological polar surface area (TPSA) is 114 Å². The van der Waals surface area contributed by atoms with E-state index in [0.29, 0.717) is 19.8 Å². The summed E-state index contributed by atoms with van der Waals surface area (Å²) < 4.78 is 0.837. The zero-order valence-electron chi connectivity index (χ0n) is 12.7. The molecule has 8 nitrogen and oxygen atoms in total. The minimum Gasteiger partial charge on any atom is -0.323 e. The maximum absolute atomic E-state index is 12.1. The van der Waals surface area contributed by atoms with E-state index < -0.39 is 4.92 Å². The first-order chi connectivity index (χ1) is 11.3. The maximum Gasteiger partial charge on any atom is 0.271 e. The molecule has 0 fully saturated rings. The number of benzene rings is 1. The first-order valence-electron chi connectivity index (χ1n) is 6.76. The summed E-state index contributed by atoms with van der Waals surface area (Å²) >= 11 is 7.65. The van der Waals surface area contributed by atoms with Crippen LogP contribution in [-0.4, -0.2) is 31.8 Å². The number of rotatable bonds is 6. The Morgan fingerprint density at radius 1 is 1.42 bits per heavy atom. The second-order valence-corrected chi connectivity index (χ2v) is 7.69. The highest BCUT2D eigenvalue weighted by atomic mass is 79.9. The van der Waals surface area contributed by atoms with Crippen molar-refractivity contribution in [3.63, 3.8) is 0 Å². The van der Waals surface area contributed by atoms with Gasteiger partial charge in [0.1, 0.15) is 5.82 Å². The van der Waals surface area contributed by atoms with Crippen LogP contribution in [-0.2, 0) is 4.79 Å². The summed E-state index contributed by atoms with van der Waals surface area (Å²) in [6.45, 7) is 3.98. The van der Waals surface area contributed by atoms with E-state index in [-0.39, 0.29) is 23.3 Å². The number of aromatic amines is 1. The molecule has 0 bridgehead atoms. The number of hydrogen-bond acceptors (Lipinski definition) is 6. The summed E-state index contributed by atoms with van der Waals surface area (Å²) in [5.74, 6) is 0.836. The highest BCUT2D eigenvalue weighted by molar-refractivity contribution is 9.11. The number of halogens is 2. The van der Waals surface area contributed by atoms with Crippen molar-refractivity contribution in [3.8, 4) is 0 Å². The molecule has 0 saturated carbocycles. The Bertz CT molecular complexity index is 758. The van der Waals surface area contributed by atoms with E-state index >= 15 is 0 Å². The van der Waals surface area contributed by atoms with Crippen LogP contribution in [0.25, 0.3) is 0 Å². The van der Waals surface area contributed by atoms with E-state index in [2.05, 4.69) is 52.4 Å². The number of thioether (sulfide) groups is 1. The van der Waals surface area contributed by atoms with Gasteiger partial charge in [0.25, 0.3) is 5.69 Å². The number of aromatic nitrogens is 3. The summed E-state index contributed by atoms with van der Waals surface area (Å²) in [7, 11) is 0. The van der Waals surface area contributed by atoms with Crippen molar-refractivity contribution >= 4 is 60.9 Å². The Morgan fingerprint density at radius 2 is 2.04 bits per heavy atom. The number of nitro groups is 1. The van der Waals surface area contributed by atoms with E-state index in [0.717, 1.165) is 5.82 Å². The molecular formula is C13H13Br2N5O3S. The van der Waals surface area contributed by atoms with Crippen LogP contribution in [0.3, 0.4) is 0 Å². The van der Waals surface area contributed by atoms with Crippen LogP contribution < -0.4 is 5.32 Å². The number of nitrogens with one attached hydrogen (secondary N) is 2. The smallest absolute Gasteiger partial charge is 0.271 e. The van der Waals surface area contributed by atoms with Crippen molar-refractivity contribution in [1.82, 2.24) is 15.2 Å². The molecule has 1 aromatic carbocycles. The minimum absolute atomic E-state index is 0.0805. The average molecular weight is 479 g/mol. The lowest BCUT2D eigenvalue weighted by Crippen LogP contribution is -2.15. The summed E-state index contributed by atoms with van der Waals surface area (Å²) in [4.78, 5) is 26.7. The molecule has 1 amide bonds. The average Bonchev–Trinajstić information content (AvgIpc) is 2.97. The van der Waals surface area contributed by atoms with Crippen molar-refractivity contribution in [3.05, 3.63) is 37.0 Å². The molecule has 0 aliphatic carbocycles. The fourth-order valence-corrected chi connectivity index (χ4v) is 3.64. The summed E-state index contributed by atoms with van der Waals surface area (Å²) in [6, 6.07) is 2.66. The molecule has 2 aromatic rings. The first kappa shape index (κ1) is 18.9. The van der Waals surface area contributed by atoms with Crippen LogP contribution >= 0.6 is 43.6 Å². The third-order valence-electron chi connectivity index (χ3n) is 2.86. The predicted molar refractivity (Wildman–Crippen MR) is 98.3 cm³/mol. The molecule has 1 aromatic heterocycles. The maximum atomic E-state index is 12.1. The van der Waals surface area contributed by atoms with Gasteiger partial charge in [-0.1, -0.05) is 25.6 Å². The normalized spacial score (nSPS) is 10.9. The standard InChI is InChI=1S/C13H13Br2N5O3S/c1-6(2)12-17-13(19-18-12)24-5-10(21)16-11-8(14)3-7(20(22)23)4-9(11)15/h3-4,6H,5H2,1-2H3,(H,16,21)(H,17,18,19). The van der Waals surface area contributed by atoms with Crippen molar-refractivity contribution in [2.24, 2.45) is 0 Å². The Morgan fingerprint density at radius 3 is 2.54 bits per heavy atom. The van der Waals surface area contributed by atoms with Crippen LogP contribution in [0.1, 0.15) is 25.6 Å². The Balaban J connectivity index is 2.00. The number of non-ortho nitro benzene ring substituents is 1. The SMILES string of the molecule is CC(C)c1nc(SCC(=O)Nc2c(Br)cc([N+](=O)[O-])cc2Br)n[nH]1. The number of hydrogen-bond donors (Lipinski definition) is 2. The molecule has 2 N–H and O–H groups in total. The Kier molecular flexibility index (Phi) is 6.35. The molecule has 24 heavy (non-hydrogen) atoms. The van der Waals surface area contributed by atoms with Crippen molar-refractivity contribution in [2.45, 2.75) is 24.9 Å². The lowest BCUT2D eigenvalue weighted by Gasteiger charge is -2.09. The number of H-pyrrole nitrogens is 1. The number of anilines is 1. The number of nitro benzene ring substituents is 1. The van der Waals surface area contributed by atoms with Crippen molar-refractivity contribution in [2.75, 3.05) is 11.1 Å². The van der Waals surface area contributed by atoms with Crippen LogP contribution in [0.5, 0.6) is 0 Å². The zero-order chi connectivity index (χ0) is 17.9. The first-order valence-corrected chi connectivity index (χ1v) is 9.33. The molecule has 0 radical (unpaired) electrons. The molecule has 0 saturated heterocycles. The molecule has 128 valence electrons. The van der Waals surface area contributed by atoms with Gasteiger partial charge >= 0.3 is 0 Å². The van der Waals surface area contributed by atoms with Gasteiger partial charge in [0, 0.05) is 27.0 Å². The largest absolute Gasteiger partial charge is 0.323 e. The number of carbonyl (C=O) groups excluding carboxylic acids is 1. The van der Waals surface area contributed by atoms with Crippen molar-refractivity contribution < 1.29 is 9.72 Å². The zero-order valence-corrected chi connectivity index (χ0v) is 16.7. The van der Waals surface area contributed by atoms with E-state index in [1.54, 1.807) is 0 Å². The van der Waals surface area contributed by atoms with Crippen LogP contribution in [0.2, 0.25) is 0 Å². The van der Waals surface area contributed by atoms with Gasteiger partial charge in [-0.25, -0.2) is 4.98 Å². The summed E-state index contributed by atoms with van der Waals surface area (Å²) in [5, 5.41) is 20.9. The Labute approximate surface area is 158 Å². The van der Waals surface area contributed by atoms with Gasteiger partial charge in [-0.2, -0.15) is 0 Å². The third kappa shape index (κ3) is 4.77. The van der Waals surface area contributed by atoms with E-state index in [9.17, 15) is 14.9 Å². The highest BCUT2D eigenvalue weighted by Gasteiger charge is 2.16. The molecule has 1 heterocycles. The number of carbonyl (C=O) groups is 1. The second-order valence-electron chi connectivity index (χ2n) is 5.04. The summed E-state index contributed by atoms with van der Waals surface area (Å²) in [5.41, 5.74) is 0.354. The summed E-state index contributed by atoms with van der Waals surface area (Å²) in [6.07, 6.45) is 0. The molecule has 0 spiro atoms. The molecule has 0 atom stereocenters. The Hall–Kier alpha value is -1.46. The molecular weight excluding hydrogens is 466 g/mol. The molecule has 2 rings (SSSR count). The monoisotopic (exact) mass is 477 g/mol. The van der Waals surface area contributed by atoms with E-state index in [4.69, 9.17) is 0 Å². The lowest BCUT2D eigenvalue weighted by atomic mass is 10.2. The van der Waals surface area contributed by atoms with Crippen LogP contribution in [0, 0.1) is 10.1 Å². The molecule has 0 aliphatic heterocycles. The van der Waals surface area contributed by atoms with Gasteiger partial charge in [-0.05, 0) is 31.9 Å². The molecule has 0 aliphatic rings. The van der Waals surface area contributed by atoms with Gasteiger partial charge in [0.2, 0.25) is 11.1 Å². The van der Waals surface area contributed by atoms with Gasteiger partial charge in [-0.3, -0.25) is 20.0 Å². The van der Waals surface area contributed by atoms with Gasteiger partial charge in [-0.15, -0.1) is 5.10 Å². The van der Waals surface area contributed by atoms with E-state index in [1.165, 1.54) is 23.9 Å². The molecule has 11 heteroatoms. The van der Waals surface area contributed by atoms with Crippen molar-refractivity contribution in [1.29, 1.82) is 0 Å². The van der Waals surface area contributed by atoms with E-state index in [1.807, 2.05) is 13.8 Å². The number of nitrogens with zero attached hydrogens (tertiary/aromatic N) is 3. The quantitative estimate of drug-likeness (QED) is 0.367. The minimum atomic E-state index is -0.507. The third-order valence-corrected chi connectivity index (χ3v) is 4.96. The van der Waals surface area contributed by atoms with Gasteiger partial charge < -0.3 is 5.32 Å². The fraction of sp³-hybridized carbons (Fsp3) is 0.308. The van der Waals surface area contributed by atoms with Gasteiger partial charge in [0.15, 0.2) is 0 Å². The highest BCUT2D eigenvalue weighted by Crippen LogP contribution is 2.35. The van der Waals surface area contributed by atoms with Gasteiger partial charge in [0.05, 0.1) is 16.4 Å². The lowest BCUT2D eigenvalue weighted by molar-refractivity contribution is -0.385. The van der Waals surface area contributed by atoms with Crippen LogP contribution in [0.4, 0.5) is 11.4 Å².